The third kappa shape index (κ3) is 3.34. The maximum absolute atomic E-state index is 13.4. The third-order valence-corrected chi connectivity index (χ3v) is 4.94. The van der Waals surface area contributed by atoms with Gasteiger partial charge in [-0.15, -0.1) is 5.10 Å². The summed E-state index contributed by atoms with van der Waals surface area (Å²) in [7, 11) is 3.07. The molecular formula is C18H25N5O4. The van der Waals surface area contributed by atoms with Crippen molar-refractivity contribution in [2.75, 3.05) is 20.7 Å². The summed E-state index contributed by atoms with van der Waals surface area (Å²) >= 11 is 0. The third-order valence-electron chi connectivity index (χ3n) is 4.94. The van der Waals surface area contributed by atoms with Crippen LogP contribution in [0.3, 0.4) is 0 Å². The summed E-state index contributed by atoms with van der Waals surface area (Å²) in [6.45, 7) is 3.95. The normalized spacial score (nSPS) is 20.9. The standard InChI is InChI=1S/C18H25N5O4/c1-10(2)16(18(26)22-9-11(24)8-13(22)17(25)19-3)23-12-6-5-7-14(27-4)15(12)20-21-23/h5-7,10-11,13,16,24H,8-9H2,1-4H3,(H,19,25)/t11-,13+,16+/m1/s1. The Kier molecular flexibility index (Phi) is 5.31. The van der Waals surface area contributed by atoms with Crippen LogP contribution in [0.2, 0.25) is 0 Å². The average molecular weight is 375 g/mol. The van der Waals surface area contributed by atoms with E-state index in [1.807, 2.05) is 26.0 Å². The molecule has 9 nitrogen and oxygen atoms in total. The molecule has 9 heteroatoms. The topological polar surface area (TPSA) is 110 Å². The zero-order valence-corrected chi connectivity index (χ0v) is 15.9. The van der Waals surface area contributed by atoms with E-state index in [0.29, 0.717) is 16.8 Å². The highest BCUT2D eigenvalue weighted by molar-refractivity contribution is 5.91. The summed E-state index contributed by atoms with van der Waals surface area (Å²) in [5.74, 6) is -0.0671. The molecule has 1 aliphatic heterocycles. The predicted octanol–water partition coefficient (Wildman–Crippen LogP) is 0.345. The largest absolute Gasteiger partial charge is 0.494 e. The van der Waals surface area contributed by atoms with Crippen LogP contribution < -0.4 is 10.1 Å². The van der Waals surface area contributed by atoms with E-state index >= 15 is 0 Å². The summed E-state index contributed by atoms with van der Waals surface area (Å²) in [6.07, 6.45) is -0.501. The zero-order chi connectivity index (χ0) is 19.7. The molecule has 2 N–H and O–H groups in total. The summed E-state index contributed by atoms with van der Waals surface area (Å²) in [6, 6.07) is 4.08. The lowest BCUT2D eigenvalue weighted by Gasteiger charge is -2.29. The highest BCUT2D eigenvalue weighted by Gasteiger charge is 2.42. The molecular weight excluding hydrogens is 350 g/mol. The molecule has 27 heavy (non-hydrogen) atoms. The molecule has 2 aromatic rings. The van der Waals surface area contributed by atoms with Crippen molar-refractivity contribution in [1.82, 2.24) is 25.2 Å². The minimum absolute atomic E-state index is 0.100. The number of hydrogen-bond donors (Lipinski definition) is 2. The number of aliphatic hydroxyl groups excluding tert-OH is 1. The van der Waals surface area contributed by atoms with Crippen LogP contribution in [0, 0.1) is 5.92 Å². The van der Waals surface area contributed by atoms with E-state index in [0.717, 1.165) is 0 Å². The molecule has 3 atom stereocenters. The zero-order valence-electron chi connectivity index (χ0n) is 15.9. The minimum Gasteiger partial charge on any atom is -0.494 e. The number of likely N-dealkylation sites (N-methyl/N-ethyl adjacent to an activating group) is 1. The van der Waals surface area contributed by atoms with Gasteiger partial charge in [0.05, 0.1) is 18.7 Å². The number of aromatic nitrogens is 3. The molecule has 3 rings (SSSR count). The first-order chi connectivity index (χ1) is 12.9. The highest BCUT2D eigenvalue weighted by Crippen LogP contribution is 2.30. The second-order valence-corrected chi connectivity index (χ2v) is 7.06. The molecule has 0 bridgehead atoms. The summed E-state index contributed by atoms with van der Waals surface area (Å²) < 4.78 is 6.90. The number of β-amino-alcohol motifs (C(OH)–C–C–N with tert-alkyl or cyclic N) is 1. The van der Waals surface area contributed by atoms with Crippen LogP contribution in [0.15, 0.2) is 18.2 Å². The molecule has 1 aromatic carbocycles. The van der Waals surface area contributed by atoms with Crippen molar-refractivity contribution >= 4 is 22.8 Å². The fourth-order valence-electron chi connectivity index (χ4n) is 3.62. The molecule has 0 unspecified atom stereocenters. The molecule has 0 radical (unpaired) electrons. The number of aliphatic hydroxyl groups is 1. The van der Waals surface area contributed by atoms with Crippen LogP contribution in [-0.2, 0) is 9.59 Å². The fourth-order valence-corrected chi connectivity index (χ4v) is 3.62. The van der Waals surface area contributed by atoms with E-state index in [-0.39, 0.29) is 30.7 Å². The Morgan fingerprint density at radius 3 is 2.74 bits per heavy atom. The van der Waals surface area contributed by atoms with Gasteiger partial charge in [-0.3, -0.25) is 9.59 Å². The van der Waals surface area contributed by atoms with Crippen molar-refractivity contribution in [3.63, 3.8) is 0 Å². The number of benzene rings is 1. The van der Waals surface area contributed by atoms with Gasteiger partial charge in [-0.2, -0.15) is 0 Å². The number of carbonyl (C=O) groups is 2. The van der Waals surface area contributed by atoms with Crippen LogP contribution in [0.1, 0.15) is 26.3 Å². The SMILES string of the molecule is CNC(=O)[C@@H]1C[C@@H](O)CN1C(=O)[C@H](C(C)C)n1nnc2c(OC)cccc21. The summed E-state index contributed by atoms with van der Waals surface area (Å²) in [5, 5.41) is 21.0. The van der Waals surface area contributed by atoms with Crippen molar-refractivity contribution in [3.05, 3.63) is 18.2 Å². The van der Waals surface area contributed by atoms with E-state index in [9.17, 15) is 14.7 Å². The molecule has 0 aliphatic carbocycles. The molecule has 1 saturated heterocycles. The Bertz CT molecular complexity index is 849. The Morgan fingerprint density at radius 2 is 2.11 bits per heavy atom. The Labute approximate surface area is 157 Å². The second-order valence-electron chi connectivity index (χ2n) is 7.06. The van der Waals surface area contributed by atoms with E-state index in [4.69, 9.17) is 4.74 Å². The molecule has 0 spiro atoms. The Morgan fingerprint density at radius 1 is 1.37 bits per heavy atom. The number of nitrogens with zero attached hydrogens (tertiary/aromatic N) is 4. The lowest BCUT2D eigenvalue weighted by molar-refractivity contribution is -0.142. The van der Waals surface area contributed by atoms with Crippen LogP contribution in [0.5, 0.6) is 5.75 Å². The van der Waals surface area contributed by atoms with Gasteiger partial charge in [0.15, 0.2) is 5.52 Å². The van der Waals surface area contributed by atoms with Gasteiger partial charge in [0.1, 0.15) is 17.8 Å². The van der Waals surface area contributed by atoms with Crippen molar-refractivity contribution in [1.29, 1.82) is 0 Å². The number of likely N-dealkylation sites (tertiary alicyclic amines) is 1. The minimum atomic E-state index is -0.725. The van der Waals surface area contributed by atoms with Gasteiger partial charge in [-0.05, 0) is 18.1 Å². The molecule has 2 amide bonds. The van der Waals surface area contributed by atoms with Crippen LogP contribution in [0.4, 0.5) is 0 Å². The first kappa shape index (κ1) is 19.1. The number of hydrogen-bond acceptors (Lipinski definition) is 6. The van der Waals surface area contributed by atoms with Gasteiger partial charge in [-0.1, -0.05) is 25.1 Å². The van der Waals surface area contributed by atoms with Crippen molar-refractivity contribution in [2.24, 2.45) is 5.92 Å². The molecule has 2 heterocycles. The highest BCUT2D eigenvalue weighted by atomic mass is 16.5. The molecule has 146 valence electrons. The molecule has 1 aromatic heterocycles. The van der Waals surface area contributed by atoms with Crippen molar-refractivity contribution in [3.8, 4) is 5.75 Å². The van der Waals surface area contributed by atoms with E-state index in [2.05, 4.69) is 15.6 Å². The van der Waals surface area contributed by atoms with Gasteiger partial charge in [0.2, 0.25) is 11.8 Å². The van der Waals surface area contributed by atoms with E-state index < -0.39 is 18.2 Å². The second kappa shape index (κ2) is 7.51. The maximum Gasteiger partial charge on any atom is 0.248 e. The Hall–Kier alpha value is -2.68. The number of methoxy groups -OCH3 is 1. The van der Waals surface area contributed by atoms with Gasteiger partial charge in [0.25, 0.3) is 0 Å². The molecule has 1 fully saturated rings. The number of rotatable bonds is 5. The van der Waals surface area contributed by atoms with Crippen LogP contribution in [0.25, 0.3) is 11.0 Å². The van der Waals surface area contributed by atoms with Crippen molar-refractivity contribution in [2.45, 2.75) is 38.5 Å². The predicted molar refractivity (Wildman–Crippen MR) is 98.1 cm³/mol. The first-order valence-electron chi connectivity index (χ1n) is 8.97. The fraction of sp³-hybridized carbons (Fsp3) is 0.556. The van der Waals surface area contributed by atoms with E-state index in [1.165, 1.54) is 11.9 Å². The van der Waals surface area contributed by atoms with E-state index in [1.54, 1.807) is 17.9 Å². The average Bonchev–Trinajstić information content (AvgIpc) is 3.24. The summed E-state index contributed by atoms with van der Waals surface area (Å²) in [4.78, 5) is 27.0. The smallest absolute Gasteiger partial charge is 0.248 e. The van der Waals surface area contributed by atoms with Gasteiger partial charge >= 0.3 is 0 Å². The van der Waals surface area contributed by atoms with Gasteiger partial charge < -0.3 is 20.1 Å². The molecule has 1 aliphatic rings. The van der Waals surface area contributed by atoms with Gasteiger partial charge in [0, 0.05) is 20.0 Å². The Balaban J connectivity index is 2.01. The first-order valence-corrected chi connectivity index (χ1v) is 8.97. The number of carbonyl (C=O) groups excluding carboxylic acids is 2. The summed E-state index contributed by atoms with van der Waals surface area (Å²) in [5.41, 5.74) is 1.25. The quantitative estimate of drug-likeness (QED) is 0.780. The van der Waals surface area contributed by atoms with Crippen LogP contribution >= 0.6 is 0 Å². The van der Waals surface area contributed by atoms with Crippen LogP contribution in [-0.4, -0.2) is 69.7 Å². The van der Waals surface area contributed by atoms with Crippen molar-refractivity contribution < 1.29 is 19.4 Å². The number of amides is 2. The number of ether oxygens (including phenoxy) is 1. The van der Waals surface area contributed by atoms with Gasteiger partial charge in [-0.25, -0.2) is 4.68 Å². The lowest BCUT2D eigenvalue weighted by Crippen LogP contribution is -2.48. The monoisotopic (exact) mass is 375 g/mol. The number of nitrogens with one attached hydrogen (secondary N) is 1. The number of fused-ring (bicyclic) bond motifs is 1. The lowest BCUT2D eigenvalue weighted by atomic mass is 10.0. The maximum atomic E-state index is 13.4. The molecule has 0 saturated carbocycles.